The summed E-state index contributed by atoms with van der Waals surface area (Å²) in [5.41, 5.74) is 5.88. The van der Waals surface area contributed by atoms with Gasteiger partial charge in [-0.1, -0.05) is 25.1 Å². The van der Waals surface area contributed by atoms with Crippen LogP contribution < -0.4 is 15.4 Å². The summed E-state index contributed by atoms with van der Waals surface area (Å²) in [5, 5.41) is 16.5. The molecule has 0 spiro atoms. The van der Waals surface area contributed by atoms with Gasteiger partial charge >= 0.3 is 0 Å². The van der Waals surface area contributed by atoms with Crippen molar-refractivity contribution in [2.24, 2.45) is 10.2 Å². The Bertz CT molecular complexity index is 1500. The van der Waals surface area contributed by atoms with Crippen LogP contribution >= 0.6 is 0 Å². The minimum atomic E-state index is -0.628. The number of fused-ring (bicyclic) bond motifs is 2. The normalized spacial score (nSPS) is 24.1. The van der Waals surface area contributed by atoms with Gasteiger partial charge in [0.15, 0.2) is 6.17 Å². The average molecular weight is 480 g/mol. The van der Waals surface area contributed by atoms with E-state index in [2.05, 4.69) is 70.9 Å². The molecule has 2 aromatic carbocycles. The van der Waals surface area contributed by atoms with E-state index in [1.54, 1.807) is 7.11 Å². The van der Waals surface area contributed by atoms with Crippen LogP contribution in [0.1, 0.15) is 39.2 Å². The molecule has 6 rings (SSSR count). The minimum Gasteiger partial charge on any atom is -0.497 e. The molecule has 3 aliphatic heterocycles. The van der Waals surface area contributed by atoms with E-state index in [-0.39, 0.29) is 17.6 Å². The molecule has 0 radical (unpaired) electrons. The van der Waals surface area contributed by atoms with Crippen molar-refractivity contribution < 1.29 is 9.53 Å². The Labute approximate surface area is 210 Å². The summed E-state index contributed by atoms with van der Waals surface area (Å²) in [7, 11) is 1.66. The van der Waals surface area contributed by atoms with E-state index in [9.17, 15) is 4.79 Å². The topological polar surface area (TPSA) is 88.0 Å². The highest BCUT2D eigenvalue weighted by atomic mass is 16.5. The van der Waals surface area contributed by atoms with Crippen LogP contribution in [-0.2, 0) is 10.2 Å². The van der Waals surface area contributed by atoms with Crippen molar-refractivity contribution in [2.45, 2.75) is 50.7 Å². The fourth-order valence-corrected chi connectivity index (χ4v) is 6.07. The van der Waals surface area contributed by atoms with Gasteiger partial charge in [-0.15, -0.1) is 0 Å². The number of pyridine rings is 1. The number of carbonyl (C=O) groups is 1. The molecule has 36 heavy (non-hydrogen) atoms. The molecule has 3 aliphatic rings. The molecule has 2 atom stereocenters. The van der Waals surface area contributed by atoms with E-state index in [0.717, 1.165) is 50.2 Å². The van der Waals surface area contributed by atoms with Crippen molar-refractivity contribution in [1.29, 1.82) is 0 Å². The zero-order valence-electron chi connectivity index (χ0n) is 20.9. The standard InChI is InChI=1S/C29H29N5O2/c1-5-29(22-16-31-34-26(22)32-24-15-28(2,3)33-27(35)25(24)29)18-8-6-7-17(13-18)20-11-12-30-23-14-19(36-4)9-10-21(20)23/h6-14,16,26,32H,5,15H2,1-4H3,(H,33,35)/t26?,29-/m1/s1. The van der Waals surface area contributed by atoms with Crippen molar-refractivity contribution in [3.05, 3.63) is 83.3 Å². The van der Waals surface area contributed by atoms with Gasteiger partial charge in [-0.25, -0.2) is 0 Å². The van der Waals surface area contributed by atoms with Crippen LogP contribution in [-0.4, -0.2) is 29.7 Å². The van der Waals surface area contributed by atoms with Crippen LogP contribution in [0.25, 0.3) is 22.0 Å². The molecule has 0 aliphatic carbocycles. The summed E-state index contributed by atoms with van der Waals surface area (Å²) in [6, 6.07) is 16.5. The van der Waals surface area contributed by atoms with Crippen LogP contribution in [0.5, 0.6) is 5.75 Å². The predicted octanol–water partition coefficient (Wildman–Crippen LogP) is 5.39. The molecule has 2 N–H and O–H groups in total. The summed E-state index contributed by atoms with van der Waals surface area (Å²) in [6.07, 6.45) is 4.83. The first kappa shape index (κ1) is 22.5. The molecule has 0 saturated heterocycles. The number of hydrogen-bond donors (Lipinski definition) is 2. The molecule has 7 heteroatoms. The van der Waals surface area contributed by atoms with Crippen molar-refractivity contribution in [2.75, 3.05) is 7.11 Å². The fourth-order valence-electron chi connectivity index (χ4n) is 6.07. The number of ether oxygens (including phenoxy) is 1. The lowest BCUT2D eigenvalue weighted by molar-refractivity contribution is -0.120. The SMILES string of the molecule is CC[C@@]1(c2cccc(-c3ccnc4cc(OC)ccc34)c2)C2=CN=NC2NC2=C1C(=O)NC(C)(C)C2. The van der Waals surface area contributed by atoms with Gasteiger partial charge in [0.05, 0.1) is 29.8 Å². The van der Waals surface area contributed by atoms with Gasteiger partial charge in [0.25, 0.3) is 5.91 Å². The number of benzene rings is 2. The Kier molecular flexibility index (Phi) is 5.00. The van der Waals surface area contributed by atoms with Gasteiger partial charge in [0, 0.05) is 40.9 Å². The number of carbonyl (C=O) groups excluding carboxylic acids is 1. The smallest absolute Gasteiger partial charge is 0.250 e. The van der Waals surface area contributed by atoms with Crippen molar-refractivity contribution >= 4 is 16.8 Å². The third-order valence-electron chi connectivity index (χ3n) is 7.65. The molecule has 0 fully saturated rings. The molecule has 4 heterocycles. The van der Waals surface area contributed by atoms with Gasteiger partial charge in [-0.2, -0.15) is 10.2 Å². The number of azo groups is 1. The third kappa shape index (κ3) is 3.26. The number of aromatic nitrogens is 1. The largest absolute Gasteiger partial charge is 0.497 e. The Morgan fingerprint density at radius 1 is 1.14 bits per heavy atom. The van der Waals surface area contributed by atoms with E-state index in [1.165, 1.54) is 0 Å². The Hall–Kier alpha value is -4.00. The van der Waals surface area contributed by atoms with Crippen LogP contribution in [0, 0.1) is 0 Å². The summed E-state index contributed by atoms with van der Waals surface area (Å²) in [6.45, 7) is 6.24. The molecule has 3 aromatic rings. The van der Waals surface area contributed by atoms with E-state index >= 15 is 0 Å². The van der Waals surface area contributed by atoms with Crippen LogP contribution in [0.4, 0.5) is 0 Å². The molecule has 0 saturated carbocycles. The minimum absolute atomic E-state index is 0.0336. The summed E-state index contributed by atoms with van der Waals surface area (Å²) >= 11 is 0. The van der Waals surface area contributed by atoms with Gasteiger partial charge in [0.1, 0.15) is 5.75 Å². The summed E-state index contributed by atoms with van der Waals surface area (Å²) in [4.78, 5) is 18.2. The fraction of sp³-hybridized carbons (Fsp3) is 0.310. The lowest BCUT2D eigenvalue weighted by Gasteiger charge is -2.48. The number of hydrogen-bond acceptors (Lipinski definition) is 6. The van der Waals surface area contributed by atoms with Crippen LogP contribution in [0.3, 0.4) is 0 Å². The lowest BCUT2D eigenvalue weighted by Crippen LogP contribution is -2.58. The maximum absolute atomic E-state index is 13.7. The monoisotopic (exact) mass is 479 g/mol. The third-order valence-corrected chi connectivity index (χ3v) is 7.65. The number of nitrogens with zero attached hydrogens (tertiary/aromatic N) is 3. The molecular weight excluding hydrogens is 450 g/mol. The number of nitrogens with one attached hydrogen (secondary N) is 2. The van der Waals surface area contributed by atoms with Crippen LogP contribution in [0.15, 0.2) is 88.0 Å². The molecule has 7 nitrogen and oxygen atoms in total. The molecule has 1 amide bonds. The van der Waals surface area contributed by atoms with E-state index < -0.39 is 5.41 Å². The quantitative estimate of drug-likeness (QED) is 0.525. The van der Waals surface area contributed by atoms with Gasteiger partial charge in [-0.3, -0.25) is 9.78 Å². The lowest BCUT2D eigenvalue weighted by atomic mass is 9.62. The molecule has 182 valence electrons. The highest BCUT2D eigenvalue weighted by Crippen LogP contribution is 2.51. The number of rotatable bonds is 4. The van der Waals surface area contributed by atoms with E-state index in [1.807, 2.05) is 36.7 Å². The zero-order valence-corrected chi connectivity index (χ0v) is 20.9. The van der Waals surface area contributed by atoms with Crippen molar-refractivity contribution in [1.82, 2.24) is 15.6 Å². The highest BCUT2D eigenvalue weighted by molar-refractivity contribution is 6.00. The van der Waals surface area contributed by atoms with Crippen molar-refractivity contribution in [3.8, 4) is 16.9 Å². The molecule has 1 unspecified atom stereocenters. The van der Waals surface area contributed by atoms with Gasteiger partial charge in [-0.05, 0) is 61.2 Å². The Balaban J connectivity index is 1.56. The second-order valence-electron chi connectivity index (χ2n) is 10.3. The molecule has 0 bridgehead atoms. The first-order chi connectivity index (χ1) is 17.4. The maximum atomic E-state index is 13.7. The highest BCUT2D eigenvalue weighted by Gasteiger charge is 2.53. The first-order valence-electron chi connectivity index (χ1n) is 12.3. The molecular formula is C29H29N5O2. The van der Waals surface area contributed by atoms with Gasteiger partial charge in [0.2, 0.25) is 0 Å². The number of methoxy groups -OCH3 is 1. The summed E-state index contributed by atoms with van der Waals surface area (Å²) < 4.78 is 5.40. The number of amides is 1. The van der Waals surface area contributed by atoms with Crippen molar-refractivity contribution in [3.63, 3.8) is 0 Å². The Morgan fingerprint density at radius 3 is 2.81 bits per heavy atom. The average Bonchev–Trinajstić information content (AvgIpc) is 3.35. The first-order valence-corrected chi connectivity index (χ1v) is 12.3. The van der Waals surface area contributed by atoms with Gasteiger partial charge < -0.3 is 15.4 Å². The van der Waals surface area contributed by atoms with E-state index in [4.69, 9.17) is 4.74 Å². The second-order valence-corrected chi connectivity index (χ2v) is 10.3. The van der Waals surface area contributed by atoms with E-state index in [0.29, 0.717) is 12.8 Å². The molecule has 1 aromatic heterocycles. The predicted molar refractivity (Wildman–Crippen MR) is 139 cm³/mol. The second kappa shape index (κ2) is 8.01. The van der Waals surface area contributed by atoms with Crippen LogP contribution in [0.2, 0.25) is 0 Å². The summed E-state index contributed by atoms with van der Waals surface area (Å²) in [5.74, 6) is 0.742. The maximum Gasteiger partial charge on any atom is 0.250 e. The zero-order chi connectivity index (χ0) is 25.1. The Morgan fingerprint density at radius 2 is 2.00 bits per heavy atom.